The van der Waals surface area contributed by atoms with E-state index in [1.807, 2.05) is 0 Å². The summed E-state index contributed by atoms with van der Waals surface area (Å²) in [5.74, 6) is -0.0942. The molecule has 0 aromatic carbocycles. The van der Waals surface area contributed by atoms with Crippen molar-refractivity contribution >= 4 is 11.8 Å². The Labute approximate surface area is 102 Å². The summed E-state index contributed by atoms with van der Waals surface area (Å²) in [6.45, 7) is 3.51. The Hall–Kier alpha value is -1.14. The second-order valence-electron chi connectivity index (χ2n) is 3.74. The Balaban J connectivity index is 3.56. The number of rotatable bonds is 9. The van der Waals surface area contributed by atoms with Crippen molar-refractivity contribution in [1.29, 1.82) is 0 Å². The third-order valence-electron chi connectivity index (χ3n) is 2.30. The van der Waals surface area contributed by atoms with Gasteiger partial charge in [0.05, 0.1) is 6.04 Å². The van der Waals surface area contributed by atoms with Crippen LogP contribution in [0.2, 0.25) is 0 Å². The smallest absolute Gasteiger partial charge is 0.236 e. The van der Waals surface area contributed by atoms with Crippen molar-refractivity contribution in [3.63, 3.8) is 0 Å². The molecule has 2 amide bonds. The molecule has 0 aliphatic rings. The fourth-order valence-corrected chi connectivity index (χ4v) is 1.20. The number of ether oxygens (including phenoxy) is 1. The number of carbonyl (C=O) groups is 2. The Bertz CT molecular complexity index is 234. The van der Waals surface area contributed by atoms with Crippen molar-refractivity contribution in [1.82, 2.24) is 16.0 Å². The van der Waals surface area contributed by atoms with E-state index in [-0.39, 0.29) is 17.9 Å². The molecular weight excluding hydrogens is 222 g/mol. The van der Waals surface area contributed by atoms with Gasteiger partial charge in [-0.2, -0.15) is 0 Å². The molecule has 0 saturated carbocycles. The zero-order valence-electron chi connectivity index (χ0n) is 10.8. The minimum atomic E-state index is -0.290. The first-order chi connectivity index (χ1) is 8.11. The van der Waals surface area contributed by atoms with E-state index < -0.39 is 0 Å². The molecule has 0 heterocycles. The highest BCUT2D eigenvalue weighted by molar-refractivity contribution is 5.81. The van der Waals surface area contributed by atoms with Gasteiger partial charge in [0, 0.05) is 40.3 Å². The van der Waals surface area contributed by atoms with Gasteiger partial charge in [-0.15, -0.1) is 0 Å². The molecule has 3 N–H and O–H groups in total. The van der Waals surface area contributed by atoms with Crippen LogP contribution in [0.4, 0.5) is 0 Å². The average Bonchev–Trinajstić information content (AvgIpc) is 2.33. The lowest BCUT2D eigenvalue weighted by Crippen LogP contribution is -2.43. The van der Waals surface area contributed by atoms with Gasteiger partial charge in [-0.1, -0.05) is 0 Å². The Kier molecular flexibility index (Phi) is 9.37. The number of amides is 2. The van der Waals surface area contributed by atoms with Gasteiger partial charge in [0.1, 0.15) is 0 Å². The van der Waals surface area contributed by atoms with Crippen LogP contribution in [0.15, 0.2) is 0 Å². The lowest BCUT2D eigenvalue weighted by Gasteiger charge is -2.13. The molecule has 0 saturated heterocycles. The average molecular weight is 245 g/mol. The van der Waals surface area contributed by atoms with Gasteiger partial charge in [-0.05, 0) is 13.3 Å². The van der Waals surface area contributed by atoms with Gasteiger partial charge in [0.2, 0.25) is 11.8 Å². The molecule has 0 bridgehead atoms. The van der Waals surface area contributed by atoms with E-state index in [1.165, 1.54) is 0 Å². The fraction of sp³-hybridized carbons (Fsp3) is 0.818. The van der Waals surface area contributed by atoms with Gasteiger partial charge < -0.3 is 20.7 Å². The summed E-state index contributed by atoms with van der Waals surface area (Å²) in [7, 11) is 3.22. The molecule has 17 heavy (non-hydrogen) atoms. The van der Waals surface area contributed by atoms with E-state index in [4.69, 9.17) is 4.74 Å². The molecule has 1 atom stereocenters. The maximum atomic E-state index is 11.5. The number of hydrogen-bond acceptors (Lipinski definition) is 4. The SMILES string of the molecule is CNC(=O)CCNC(C)C(=O)NCCCOC. The molecule has 6 heteroatoms. The second kappa shape index (κ2) is 10.0. The van der Waals surface area contributed by atoms with Crippen LogP contribution in [0.25, 0.3) is 0 Å². The zero-order chi connectivity index (χ0) is 13.1. The topological polar surface area (TPSA) is 79.5 Å². The fourth-order valence-electron chi connectivity index (χ4n) is 1.20. The summed E-state index contributed by atoms with van der Waals surface area (Å²) in [5.41, 5.74) is 0. The lowest BCUT2D eigenvalue weighted by atomic mass is 10.3. The zero-order valence-corrected chi connectivity index (χ0v) is 10.8. The van der Waals surface area contributed by atoms with E-state index in [0.29, 0.717) is 26.1 Å². The first-order valence-electron chi connectivity index (χ1n) is 5.82. The third-order valence-corrected chi connectivity index (χ3v) is 2.30. The molecule has 0 aliphatic carbocycles. The predicted molar refractivity (Wildman–Crippen MR) is 65.7 cm³/mol. The molecule has 6 nitrogen and oxygen atoms in total. The summed E-state index contributed by atoms with van der Waals surface area (Å²) in [6, 6.07) is -0.290. The largest absolute Gasteiger partial charge is 0.385 e. The van der Waals surface area contributed by atoms with E-state index in [0.717, 1.165) is 6.42 Å². The van der Waals surface area contributed by atoms with Crippen LogP contribution in [0.5, 0.6) is 0 Å². The van der Waals surface area contributed by atoms with E-state index in [2.05, 4.69) is 16.0 Å². The third kappa shape index (κ3) is 8.65. The van der Waals surface area contributed by atoms with Gasteiger partial charge in [0.25, 0.3) is 0 Å². The van der Waals surface area contributed by atoms with Crippen LogP contribution in [0, 0.1) is 0 Å². The van der Waals surface area contributed by atoms with Gasteiger partial charge in [0.15, 0.2) is 0 Å². The summed E-state index contributed by atoms with van der Waals surface area (Å²) < 4.78 is 4.88. The molecule has 0 fully saturated rings. The molecule has 1 unspecified atom stereocenters. The van der Waals surface area contributed by atoms with Gasteiger partial charge in [-0.3, -0.25) is 9.59 Å². The first kappa shape index (κ1) is 15.9. The monoisotopic (exact) mass is 245 g/mol. The Morgan fingerprint density at radius 2 is 2.00 bits per heavy atom. The van der Waals surface area contributed by atoms with E-state index in [1.54, 1.807) is 21.1 Å². The van der Waals surface area contributed by atoms with Crippen LogP contribution >= 0.6 is 0 Å². The molecule has 0 radical (unpaired) electrons. The van der Waals surface area contributed by atoms with Crippen LogP contribution in [0.3, 0.4) is 0 Å². The number of methoxy groups -OCH3 is 1. The highest BCUT2D eigenvalue weighted by Gasteiger charge is 2.11. The van der Waals surface area contributed by atoms with Crippen LogP contribution < -0.4 is 16.0 Å². The molecule has 0 aliphatic heterocycles. The molecule has 0 rings (SSSR count). The minimum absolute atomic E-state index is 0.0368. The van der Waals surface area contributed by atoms with Gasteiger partial charge in [-0.25, -0.2) is 0 Å². The first-order valence-corrected chi connectivity index (χ1v) is 5.82. The molecule has 0 aromatic heterocycles. The number of nitrogens with one attached hydrogen (secondary N) is 3. The van der Waals surface area contributed by atoms with Crippen molar-refractivity contribution in [2.24, 2.45) is 0 Å². The van der Waals surface area contributed by atoms with Crippen molar-refractivity contribution < 1.29 is 14.3 Å². The highest BCUT2D eigenvalue weighted by Crippen LogP contribution is 1.85. The highest BCUT2D eigenvalue weighted by atomic mass is 16.5. The van der Waals surface area contributed by atoms with Crippen LogP contribution in [-0.4, -0.2) is 51.7 Å². The maximum Gasteiger partial charge on any atom is 0.236 e. The summed E-state index contributed by atoms with van der Waals surface area (Å²) in [5, 5.41) is 8.29. The molecule has 0 aromatic rings. The van der Waals surface area contributed by atoms with Crippen LogP contribution in [0.1, 0.15) is 19.8 Å². The predicted octanol–water partition coefficient (Wildman–Crippen LogP) is -0.747. The van der Waals surface area contributed by atoms with Crippen molar-refractivity contribution in [2.75, 3.05) is 33.9 Å². The van der Waals surface area contributed by atoms with E-state index in [9.17, 15) is 9.59 Å². The number of carbonyl (C=O) groups excluding carboxylic acids is 2. The number of hydrogen-bond donors (Lipinski definition) is 3. The normalized spacial score (nSPS) is 11.9. The Morgan fingerprint density at radius 3 is 2.59 bits per heavy atom. The summed E-state index contributed by atoms with van der Waals surface area (Å²) in [4.78, 5) is 22.5. The lowest BCUT2D eigenvalue weighted by molar-refractivity contribution is -0.123. The molecule has 100 valence electrons. The summed E-state index contributed by atoms with van der Waals surface area (Å²) >= 11 is 0. The van der Waals surface area contributed by atoms with Crippen molar-refractivity contribution in [3.8, 4) is 0 Å². The van der Waals surface area contributed by atoms with Crippen molar-refractivity contribution in [2.45, 2.75) is 25.8 Å². The van der Waals surface area contributed by atoms with Crippen molar-refractivity contribution in [3.05, 3.63) is 0 Å². The maximum absolute atomic E-state index is 11.5. The van der Waals surface area contributed by atoms with E-state index >= 15 is 0 Å². The Morgan fingerprint density at radius 1 is 1.29 bits per heavy atom. The second-order valence-corrected chi connectivity index (χ2v) is 3.74. The van der Waals surface area contributed by atoms with Crippen LogP contribution in [-0.2, 0) is 14.3 Å². The van der Waals surface area contributed by atoms with Gasteiger partial charge >= 0.3 is 0 Å². The summed E-state index contributed by atoms with van der Waals surface area (Å²) in [6.07, 6.45) is 1.17. The molecule has 0 spiro atoms. The standard InChI is InChI=1S/C11H23N3O3/c1-9(13-7-5-10(15)12-2)11(16)14-6-4-8-17-3/h9,13H,4-8H2,1-3H3,(H,12,15)(H,14,16). The molecular formula is C11H23N3O3. The minimum Gasteiger partial charge on any atom is -0.385 e. The quantitative estimate of drug-likeness (QED) is 0.467.